The molecule has 53 heavy (non-hydrogen) atoms. The molecule has 2 rings (SSSR count). The lowest BCUT2D eigenvalue weighted by atomic mass is 10.3. The van der Waals surface area contributed by atoms with Crippen LogP contribution >= 0.6 is 23.5 Å². The van der Waals surface area contributed by atoms with Crippen LogP contribution in [0.3, 0.4) is 0 Å². The molecule has 304 valence electrons. The highest BCUT2D eigenvalue weighted by Crippen LogP contribution is 2.25. The van der Waals surface area contributed by atoms with E-state index in [1.165, 1.54) is 24.3 Å². The van der Waals surface area contributed by atoms with Crippen molar-refractivity contribution < 1.29 is 62.8 Å². The fourth-order valence-corrected chi connectivity index (χ4v) is 8.94. The van der Waals surface area contributed by atoms with E-state index in [-0.39, 0.29) is 46.7 Å². The molecule has 2 N–H and O–H groups in total. The minimum absolute atomic E-state index is 0.115. The summed E-state index contributed by atoms with van der Waals surface area (Å²) in [5.41, 5.74) is 0. The predicted molar refractivity (Wildman–Crippen MR) is 208 cm³/mol. The van der Waals surface area contributed by atoms with Crippen molar-refractivity contribution in [1.82, 2.24) is 0 Å². The van der Waals surface area contributed by atoms with E-state index in [1.807, 2.05) is 13.8 Å². The summed E-state index contributed by atoms with van der Waals surface area (Å²) in [5.74, 6) is 3.39. The Labute approximate surface area is 323 Å². The lowest BCUT2D eigenvalue weighted by Gasteiger charge is -2.18. The van der Waals surface area contributed by atoms with Crippen LogP contribution < -0.4 is 9.47 Å². The Morgan fingerprint density at radius 1 is 0.547 bits per heavy atom. The zero-order chi connectivity index (χ0) is 39.0. The molecule has 2 atom stereocenters. The molecular formula is C34H54O14S5. The van der Waals surface area contributed by atoms with E-state index in [0.717, 1.165) is 24.3 Å². The van der Waals surface area contributed by atoms with Gasteiger partial charge in [0.05, 0.1) is 34.5 Å². The number of hydrogen-bond donors (Lipinski definition) is 2. The molecule has 0 amide bonds. The van der Waals surface area contributed by atoms with Gasteiger partial charge in [0.1, 0.15) is 36.9 Å². The minimum Gasteiger partial charge on any atom is -0.491 e. The second-order valence-electron chi connectivity index (χ2n) is 11.6. The maximum Gasteiger partial charge on any atom is 0.264 e. The van der Waals surface area contributed by atoms with Crippen molar-refractivity contribution in [2.75, 3.05) is 87.4 Å². The van der Waals surface area contributed by atoms with Gasteiger partial charge < -0.3 is 28.4 Å². The zero-order valence-electron chi connectivity index (χ0n) is 30.3. The van der Waals surface area contributed by atoms with Gasteiger partial charge in [0.15, 0.2) is 0 Å². The first kappa shape index (κ1) is 47.5. The third kappa shape index (κ3) is 22.5. The highest BCUT2D eigenvalue weighted by Gasteiger charge is 2.19. The summed E-state index contributed by atoms with van der Waals surface area (Å²) in [6, 6.07) is 12.3. The molecule has 0 aliphatic rings. The first-order valence-corrected chi connectivity index (χ1v) is 24.4. The molecule has 0 heterocycles. The molecule has 0 saturated carbocycles. The smallest absolute Gasteiger partial charge is 0.264 e. The van der Waals surface area contributed by atoms with Crippen LogP contribution in [-0.4, -0.2) is 134 Å². The molecular weight excluding hydrogens is 793 g/mol. The molecule has 0 aliphatic heterocycles. The van der Waals surface area contributed by atoms with Gasteiger partial charge in [-0.1, -0.05) is 0 Å². The number of rotatable bonds is 32. The van der Waals surface area contributed by atoms with Crippen LogP contribution in [0, 0.1) is 0 Å². The lowest BCUT2D eigenvalue weighted by molar-refractivity contribution is -0.0325. The number of benzene rings is 2. The first-order valence-electron chi connectivity index (χ1n) is 17.4. The topological polar surface area (TPSA) is 198 Å². The molecule has 0 radical (unpaired) electrons. The summed E-state index contributed by atoms with van der Waals surface area (Å²) in [4.78, 5) is 0.230. The number of hydrogen-bond acceptors (Lipinski definition) is 14. The quantitative estimate of drug-likeness (QED) is 0.0742. The van der Waals surface area contributed by atoms with Gasteiger partial charge >= 0.3 is 0 Å². The summed E-state index contributed by atoms with van der Waals surface area (Å²) in [6.07, 6.45) is 1.72. The van der Waals surface area contributed by atoms with Crippen molar-refractivity contribution in [3.05, 3.63) is 48.5 Å². The first-order chi connectivity index (χ1) is 25.2. The van der Waals surface area contributed by atoms with E-state index in [2.05, 4.69) is 0 Å². The summed E-state index contributed by atoms with van der Waals surface area (Å²) in [6.45, 7) is 6.77. The Balaban J connectivity index is 1.74. The van der Waals surface area contributed by atoms with Gasteiger partial charge in [0, 0.05) is 26.4 Å². The van der Waals surface area contributed by atoms with Crippen LogP contribution in [0.4, 0.5) is 0 Å². The highest BCUT2D eigenvalue weighted by atomic mass is 32.2. The second kappa shape index (κ2) is 26.2. The molecule has 2 aromatic carbocycles. The molecule has 0 saturated heterocycles. The number of sulfone groups is 1. The van der Waals surface area contributed by atoms with E-state index >= 15 is 0 Å². The highest BCUT2D eigenvalue weighted by molar-refractivity contribution is 7.99. The second-order valence-corrected chi connectivity index (χ2v) is 19.1. The third-order valence-electron chi connectivity index (χ3n) is 7.09. The van der Waals surface area contributed by atoms with Crippen molar-refractivity contribution in [3.8, 4) is 11.5 Å². The molecule has 0 fully saturated rings. The summed E-state index contributed by atoms with van der Waals surface area (Å²) < 4.78 is 122. The van der Waals surface area contributed by atoms with Crippen molar-refractivity contribution >= 4 is 53.6 Å². The SMILES string of the molecule is CCOC(COCCCSCCCS(=O)(=O)O)COc1ccc(S(=O)(=O)c2ccc(OCC(COCCCSCCCS(=O)(=O)O)OCC)cc2)cc1. The Bertz CT molecular complexity index is 1470. The largest absolute Gasteiger partial charge is 0.491 e. The minimum atomic E-state index is -3.91. The van der Waals surface area contributed by atoms with Crippen molar-refractivity contribution in [3.63, 3.8) is 0 Å². The maximum absolute atomic E-state index is 13.3. The average Bonchev–Trinajstić information content (AvgIpc) is 3.10. The fourth-order valence-electron chi connectivity index (χ4n) is 4.55. The van der Waals surface area contributed by atoms with Gasteiger partial charge in [-0.3, -0.25) is 9.11 Å². The normalized spacial score (nSPS) is 13.5. The monoisotopic (exact) mass is 846 g/mol. The van der Waals surface area contributed by atoms with Gasteiger partial charge in [-0.25, -0.2) is 8.42 Å². The summed E-state index contributed by atoms with van der Waals surface area (Å²) in [5, 5.41) is 0. The molecule has 2 aromatic rings. The van der Waals surface area contributed by atoms with Crippen molar-refractivity contribution in [1.29, 1.82) is 0 Å². The Hall–Kier alpha value is -1.65. The summed E-state index contributed by atoms with van der Waals surface area (Å²) >= 11 is 3.20. The standard InChI is InChI=1S/C34H54O14S5/c1-3-45-31(25-43-17-5-19-49-21-7-23-51(35,36)37)27-47-29-9-13-33(14-10-29)53(41,42)34-15-11-30(12-16-34)48-28-32(46-4-2)26-44-18-6-20-50-22-8-24-52(38,39)40/h9-16,31-32H,3-8,17-28H2,1-2H3,(H,35,36,37)(H,38,39,40). The molecule has 0 bridgehead atoms. The summed E-state index contributed by atoms with van der Waals surface area (Å²) in [7, 11) is -11.6. The Kier molecular flexibility index (Phi) is 23.5. The van der Waals surface area contributed by atoms with Crippen LogP contribution in [0.2, 0.25) is 0 Å². The average molecular weight is 847 g/mol. The van der Waals surface area contributed by atoms with Gasteiger partial charge in [-0.2, -0.15) is 40.4 Å². The van der Waals surface area contributed by atoms with Gasteiger partial charge in [-0.05, 0) is 111 Å². The molecule has 14 nitrogen and oxygen atoms in total. The molecule has 19 heteroatoms. The van der Waals surface area contributed by atoms with E-state index in [4.69, 9.17) is 37.5 Å². The zero-order valence-corrected chi connectivity index (χ0v) is 34.4. The lowest BCUT2D eigenvalue weighted by Crippen LogP contribution is -2.27. The molecule has 0 aromatic heterocycles. The van der Waals surface area contributed by atoms with Gasteiger partial charge in [0.25, 0.3) is 20.2 Å². The Morgan fingerprint density at radius 2 is 0.906 bits per heavy atom. The van der Waals surface area contributed by atoms with E-state index in [9.17, 15) is 25.3 Å². The number of ether oxygens (including phenoxy) is 6. The van der Waals surface area contributed by atoms with Crippen molar-refractivity contribution in [2.45, 2.75) is 61.5 Å². The maximum atomic E-state index is 13.3. The van der Waals surface area contributed by atoms with Crippen LogP contribution in [0.25, 0.3) is 0 Å². The van der Waals surface area contributed by atoms with Crippen LogP contribution in [0.1, 0.15) is 39.5 Å². The Morgan fingerprint density at radius 3 is 1.25 bits per heavy atom. The van der Waals surface area contributed by atoms with Crippen LogP contribution in [0.5, 0.6) is 11.5 Å². The molecule has 2 unspecified atom stereocenters. The van der Waals surface area contributed by atoms with Crippen LogP contribution in [-0.2, 0) is 49.0 Å². The van der Waals surface area contributed by atoms with E-state index < -0.39 is 30.1 Å². The van der Waals surface area contributed by atoms with Crippen LogP contribution in [0.15, 0.2) is 58.3 Å². The molecule has 0 spiro atoms. The van der Waals surface area contributed by atoms with Gasteiger partial charge in [0.2, 0.25) is 9.84 Å². The molecule has 0 aliphatic carbocycles. The number of thioether (sulfide) groups is 2. The van der Waals surface area contributed by atoms with Gasteiger partial charge in [-0.15, -0.1) is 0 Å². The fraction of sp³-hybridized carbons (Fsp3) is 0.647. The van der Waals surface area contributed by atoms with E-state index in [0.29, 0.717) is 75.5 Å². The third-order valence-corrected chi connectivity index (χ3v) is 12.8. The predicted octanol–water partition coefficient (Wildman–Crippen LogP) is 4.92. The van der Waals surface area contributed by atoms with Crippen molar-refractivity contribution in [2.24, 2.45) is 0 Å². The van der Waals surface area contributed by atoms with E-state index in [1.54, 1.807) is 47.8 Å².